The summed E-state index contributed by atoms with van der Waals surface area (Å²) in [5.41, 5.74) is 2.48. The van der Waals surface area contributed by atoms with E-state index in [4.69, 9.17) is 4.74 Å². The van der Waals surface area contributed by atoms with Crippen LogP contribution in [0.2, 0.25) is 0 Å². The van der Waals surface area contributed by atoms with Crippen LogP contribution in [0.3, 0.4) is 0 Å². The summed E-state index contributed by atoms with van der Waals surface area (Å²) in [7, 11) is 0. The number of nitrogens with zero attached hydrogens (tertiary/aromatic N) is 2. The summed E-state index contributed by atoms with van der Waals surface area (Å²) < 4.78 is 5.55. The minimum absolute atomic E-state index is 0.0358. The Morgan fingerprint density at radius 3 is 2.83 bits per heavy atom. The van der Waals surface area contributed by atoms with E-state index in [0.29, 0.717) is 18.8 Å². The van der Waals surface area contributed by atoms with Crippen molar-refractivity contribution in [1.82, 2.24) is 4.90 Å². The van der Waals surface area contributed by atoms with Crippen molar-refractivity contribution in [2.75, 3.05) is 19.7 Å². The molecule has 24 heavy (non-hydrogen) atoms. The van der Waals surface area contributed by atoms with Gasteiger partial charge in [-0.2, -0.15) is 0 Å². The molecule has 0 aromatic heterocycles. The standard InChI is InChI=1S/C19H20N2O2S/c1-15-6-5-7-16(12-15)14-24-19-20-10-11-21(19)18(22)13-23-17-8-3-2-4-9-17/h2-9,12H,10-11,13-14H2,1H3. The zero-order valence-electron chi connectivity index (χ0n) is 13.6. The van der Waals surface area contributed by atoms with Gasteiger partial charge in [-0.15, -0.1) is 0 Å². The number of carbonyl (C=O) groups is 1. The summed E-state index contributed by atoms with van der Waals surface area (Å²) in [4.78, 5) is 18.6. The van der Waals surface area contributed by atoms with Crippen molar-refractivity contribution in [3.63, 3.8) is 0 Å². The molecule has 0 fully saturated rings. The average Bonchev–Trinajstić information content (AvgIpc) is 3.07. The first-order valence-corrected chi connectivity index (χ1v) is 8.92. The molecule has 4 nitrogen and oxygen atoms in total. The predicted molar refractivity (Wildman–Crippen MR) is 98.4 cm³/mol. The number of benzene rings is 2. The number of carbonyl (C=O) groups excluding carboxylic acids is 1. The van der Waals surface area contributed by atoms with Crippen LogP contribution in [0.25, 0.3) is 0 Å². The number of rotatable bonds is 5. The lowest BCUT2D eigenvalue weighted by Gasteiger charge is -2.18. The largest absolute Gasteiger partial charge is 0.484 e. The van der Waals surface area contributed by atoms with Crippen molar-refractivity contribution in [3.8, 4) is 5.75 Å². The summed E-state index contributed by atoms with van der Waals surface area (Å²) in [6.07, 6.45) is 0. The lowest BCUT2D eigenvalue weighted by Crippen LogP contribution is -2.36. The molecule has 1 aliphatic heterocycles. The predicted octanol–water partition coefficient (Wildman–Crippen LogP) is 3.51. The molecule has 0 atom stereocenters. The van der Waals surface area contributed by atoms with Crippen LogP contribution in [0.5, 0.6) is 5.75 Å². The third kappa shape index (κ3) is 4.38. The van der Waals surface area contributed by atoms with Gasteiger partial charge in [0.05, 0.1) is 6.54 Å². The van der Waals surface area contributed by atoms with Gasteiger partial charge in [-0.05, 0) is 24.6 Å². The van der Waals surface area contributed by atoms with Crippen LogP contribution >= 0.6 is 11.8 Å². The first-order valence-electron chi connectivity index (χ1n) is 7.93. The molecule has 1 heterocycles. The molecule has 0 N–H and O–H groups in total. The van der Waals surface area contributed by atoms with E-state index >= 15 is 0 Å². The van der Waals surface area contributed by atoms with Crippen molar-refractivity contribution in [3.05, 3.63) is 65.7 Å². The summed E-state index contributed by atoms with van der Waals surface area (Å²) in [6.45, 7) is 3.41. The number of aliphatic imine (C=N–C) groups is 1. The fraction of sp³-hybridized carbons (Fsp3) is 0.263. The summed E-state index contributed by atoms with van der Waals surface area (Å²) in [5.74, 6) is 1.46. The van der Waals surface area contributed by atoms with Gasteiger partial charge in [0, 0.05) is 12.3 Å². The molecule has 0 saturated heterocycles. The number of hydrogen-bond donors (Lipinski definition) is 0. The maximum atomic E-state index is 12.4. The van der Waals surface area contributed by atoms with Crippen LogP contribution < -0.4 is 4.74 Å². The van der Waals surface area contributed by atoms with Gasteiger partial charge < -0.3 is 4.74 Å². The number of para-hydroxylation sites is 1. The highest BCUT2D eigenvalue weighted by molar-refractivity contribution is 8.13. The molecule has 1 aliphatic rings. The number of hydrogen-bond acceptors (Lipinski definition) is 4. The smallest absolute Gasteiger partial charge is 0.266 e. The van der Waals surface area contributed by atoms with Gasteiger partial charge in [-0.1, -0.05) is 59.8 Å². The van der Waals surface area contributed by atoms with Crippen LogP contribution in [0.1, 0.15) is 11.1 Å². The Morgan fingerprint density at radius 2 is 2.04 bits per heavy atom. The molecule has 5 heteroatoms. The molecule has 2 aromatic carbocycles. The van der Waals surface area contributed by atoms with Crippen molar-refractivity contribution < 1.29 is 9.53 Å². The van der Waals surface area contributed by atoms with Gasteiger partial charge in [-0.25, -0.2) is 0 Å². The maximum Gasteiger partial charge on any atom is 0.266 e. The number of aryl methyl sites for hydroxylation is 1. The van der Waals surface area contributed by atoms with E-state index in [-0.39, 0.29) is 12.5 Å². The highest BCUT2D eigenvalue weighted by Crippen LogP contribution is 2.20. The van der Waals surface area contributed by atoms with Crippen LogP contribution in [0.4, 0.5) is 0 Å². The fourth-order valence-corrected chi connectivity index (χ4v) is 3.48. The zero-order chi connectivity index (χ0) is 16.8. The van der Waals surface area contributed by atoms with E-state index < -0.39 is 0 Å². The van der Waals surface area contributed by atoms with Gasteiger partial charge in [-0.3, -0.25) is 14.7 Å². The Kier molecular flexibility index (Phi) is 5.54. The van der Waals surface area contributed by atoms with Crippen LogP contribution in [0.15, 0.2) is 59.6 Å². The normalized spacial score (nSPS) is 13.7. The molecule has 1 amide bonds. The van der Waals surface area contributed by atoms with Crippen LogP contribution in [0, 0.1) is 6.92 Å². The Balaban J connectivity index is 1.53. The molecule has 0 unspecified atom stereocenters. The minimum atomic E-state index is -0.0492. The molecule has 0 radical (unpaired) electrons. The minimum Gasteiger partial charge on any atom is -0.484 e. The molecule has 2 aromatic rings. The Labute approximate surface area is 146 Å². The number of amidine groups is 1. The first-order chi connectivity index (χ1) is 11.7. The molecule has 0 saturated carbocycles. The maximum absolute atomic E-state index is 12.4. The lowest BCUT2D eigenvalue weighted by molar-refractivity contribution is -0.128. The molecular formula is C19H20N2O2S. The van der Waals surface area contributed by atoms with Crippen LogP contribution in [-0.4, -0.2) is 35.7 Å². The average molecular weight is 340 g/mol. The third-order valence-corrected chi connectivity index (χ3v) is 4.74. The molecule has 0 spiro atoms. The van der Waals surface area contributed by atoms with E-state index in [1.54, 1.807) is 16.7 Å². The Morgan fingerprint density at radius 1 is 1.21 bits per heavy atom. The van der Waals surface area contributed by atoms with Crippen molar-refractivity contribution in [2.45, 2.75) is 12.7 Å². The van der Waals surface area contributed by atoms with Crippen molar-refractivity contribution in [2.24, 2.45) is 4.99 Å². The lowest BCUT2D eigenvalue weighted by atomic mass is 10.2. The highest BCUT2D eigenvalue weighted by atomic mass is 32.2. The fourth-order valence-electron chi connectivity index (χ4n) is 2.47. The Hall–Kier alpha value is -2.27. The van der Waals surface area contributed by atoms with Gasteiger partial charge in [0.25, 0.3) is 5.91 Å². The van der Waals surface area contributed by atoms with E-state index in [1.807, 2.05) is 30.3 Å². The van der Waals surface area contributed by atoms with Gasteiger partial charge in [0.2, 0.25) is 0 Å². The van der Waals surface area contributed by atoms with E-state index in [2.05, 4.69) is 36.2 Å². The zero-order valence-corrected chi connectivity index (χ0v) is 14.5. The monoisotopic (exact) mass is 340 g/mol. The Bertz CT molecular complexity index is 731. The molecule has 0 aliphatic carbocycles. The molecule has 124 valence electrons. The quantitative estimate of drug-likeness (QED) is 0.836. The number of amides is 1. The summed E-state index contributed by atoms with van der Waals surface area (Å²) >= 11 is 1.60. The number of ether oxygens (including phenoxy) is 1. The highest BCUT2D eigenvalue weighted by Gasteiger charge is 2.24. The van der Waals surface area contributed by atoms with Gasteiger partial charge >= 0.3 is 0 Å². The van der Waals surface area contributed by atoms with E-state index in [0.717, 1.165) is 10.9 Å². The SMILES string of the molecule is Cc1cccc(CSC2=NCCN2C(=O)COc2ccccc2)c1. The second-order valence-electron chi connectivity index (χ2n) is 5.59. The number of thioether (sulfide) groups is 1. The summed E-state index contributed by atoms with van der Waals surface area (Å²) in [5, 5.41) is 0.790. The second kappa shape index (κ2) is 8.02. The van der Waals surface area contributed by atoms with Gasteiger partial charge in [0.15, 0.2) is 11.8 Å². The van der Waals surface area contributed by atoms with E-state index in [1.165, 1.54) is 11.1 Å². The second-order valence-corrected chi connectivity index (χ2v) is 6.53. The molecule has 3 rings (SSSR count). The topological polar surface area (TPSA) is 41.9 Å². The van der Waals surface area contributed by atoms with Crippen LogP contribution in [-0.2, 0) is 10.5 Å². The third-order valence-electron chi connectivity index (χ3n) is 3.66. The van der Waals surface area contributed by atoms with Gasteiger partial charge in [0.1, 0.15) is 5.75 Å². The molecular weight excluding hydrogens is 320 g/mol. The molecule has 0 bridgehead atoms. The first kappa shape index (κ1) is 16.6. The van der Waals surface area contributed by atoms with E-state index in [9.17, 15) is 4.79 Å². The van der Waals surface area contributed by atoms with Crippen molar-refractivity contribution in [1.29, 1.82) is 0 Å². The summed E-state index contributed by atoms with van der Waals surface area (Å²) in [6, 6.07) is 17.8. The van der Waals surface area contributed by atoms with Crippen molar-refractivity contribution >= 4 is 22.8 Å².